The molecule has 23 heavy (non-hydrogen) atoms. The van der Waals surface area contributed by atoms with Gasteiger partial charge in [0.05, 0.1) is 6.26 Å². The van der Waals surface area contributed by atoms with Crippen molar-refractivity contribution in [3.05, 3.63) is 52.5 Å². The molecule has 0 saturated heterocycles. The second-order valence-electron chi connectivity index (χ2n) is 8.18. The molecular weight excluding hydrogens is 288 g/mol. The number of hydrogen-bond donors (Lipinski definition) is 1. The van der Waals surface area contributed by atoms with Gasteiger partial charge in [-0.05, 0) is 41.5 Å². The molecule has 2 aromatic rings. The predicted molar refractivity (Wildman–Crippen MR) is 92.4 cm³/mol. The zero-order valence-electron chi connectivity index (χ0n) is 15.1. The molecule has 3 heteroatoms. The highest BCUT2D eigenvalue weighted by Gasteiger charge is 2.28. The van der Waals surface area contributed by atoms with Crippen molar-refractivity contribution in [3.63, 3.8) is 0 Å². The second-order valence-corrected chi connectivity index (χ2v) is 8.18. The first-order valence-corrected chi connectivity index (χ1v) is 7.89. The van der Waals surface area contributed by atoms with Crippen molar-refractivity contribution in [2.75, 3.05) is 0 Å². The summed E-state index contributed by atoms with van der Waals surface area (Å²) in [6.45, 7) is 14.0. The third-order valence-electron chi connectivity index (χ3n) is 4.06. The number of aryl methyl sites for hydroxylation is 1. The highest BCUT2D eigenvalue weighted by Crippen LogP contribution is 2.40. The van der Waals surface area contributed by atoms with E-state index in [4.69, 9.17) is 4.42 Å². The maximum absolute atomic E-state index is 12.8. The lowest BCUT2D eigenvalue weighted by Crippen LogP contribution is -2.19. The van der Waals surface area contributed by atoms with Crippen molar-refractivity contribution in [2.45, 2.75) is 59.3 Å². The van der Waals surface area contributed by atoms with Crippen LogP contribution in [0.3, 0.4) is 0 Å². The second kappa shape index (κ2) is 5.55. The Bertz CT molecular complexity index is 702. The van der Waals surface area contributed by atoms with E-state index in [0.717, 1.165) is 16.7 Å². The quantitative estimate of drug-likeness (QED) is 0.783. The van der Waals surface area contributed by atoms with Crippen LogP contribution in [0.25, 0.3) is 0 Å². The molecule has 124 valence electrons. The van der Waals surface area contributed by atoms with Crippen LogP contribution in [0.2, 0.25) is 0 Å². The van der Waals surface area contributed by atoms with Gasteiger partial charge in [-0.1, -0.05) is 41.5 Å². The van der Waals surface area contributed by atoms with Crippen molar-refractivity contribution in [2.24, 2.45) is 0 Å². The standard InChI is InChI=1S/C20H26O3/c1-12-8-9-23-18(12)16(21)13-10-14(19(2,3)4)17(22)15(11-13)20(5,6)7/h8-11,22H,1-7H3. The minimum absolute atomic E-state index is 0.150. The molecular formula is C20H26O3. The Kier molecular flexibility index (Phi) is 4.18. The van der Waals surface area contributed by atoms with E-state index < -0.39 is 0 Å². The number of carbonyl (C=O) groups excluding carboxylic acids is 1. The maximum Gasteiger partial charge on any atom is 0.228 e. The number of phenolic OH excluding ortho intramolecular Hbond substituents is 1. The summed E-state index contributed by atoms with van der Waals surface area (Å²) in [5, 5.41) is 10.7. The zero-order chi connectivity index (χ0) is 17.6. The summed E-state index contributed by atoms with van der Waals surface area (Å²) in [6, 6.07) is 5.35. The number of hydrogen-bond acceptors (Lipinski definition) is 3. The summed E-state index contributed by atoms with van der Waals surface area (Å²) in [4.78, 5) is 12.8. The molecule has 1 N–H and O–H groups in total. The number of benzene rings is 1. The molecule has 0 saturated carbocycles. The molecule has 0 bridgehead atoms. The van der Waals surface area contributed by atoms with Crippen LogP contribution >= 0.6 is 0 Å². The molecule has 1 aromatic heterocycles. The van der Waals surface area contributed by atoms with Crippen LogP contribution in [0.15, 0.2) is 28.9 Å². The Balaban J connectivity index is 2.70. The van der Waals surface area contributed by atoms with Crippen LogP contribution < -0.4 is 0 Å². The van der Waals surface area contributed by atoms with E-state index in [0.29, 0.717) is 11.3 Å². The van der Waals surface area contributed by atoms with E-state index in [9.17, 15) is 9.90 Å². The van der Waals surface area contributed by atoms with Crippen LogP contribution in [-0.4, -0.2) is 10.9 Å². The van der Waals surface area contributed by atoms with Gasteiger partial charge in [0.25, 0.3) is 0 Å². The zero-order valence-corrected chi connectivity index (χ0v) is 15.1. The summed E-state index contributed by atoms with van der Waals surface area (Å²) < 4.78 is 5.35. The number of phenols is 1. The summed E-state index contributed by atoms with van der Waals surface area (Å²) in [5.74, 6) is 0.483. The minimum atomic E-state index is -0.265. The lowest BCUT2D eigenvalue weighted by molar-refractivity contribution is 0.101. The van der Waals surface area contributed by atoms with Crippen molar-refractivity contribution in [1.29, 1.82) is 0 Å². The molecule has 0 atom stereocenters. The van der Waals surface area contributed by atoms with Gasteiger partial charge in [-0.25, -0.2) is 0 Å². The summed E-state index contributed by atoms with van der Waals surface area (Å²) in [6.07, 6.45) is 1.53. The average Bonchev–Trinajstić information content (AvgIpc) is 2.81. The van der Waals surface area contributed by atoms with Gasteiger partial charge < -0.3 is 9.52 Å². The van der Waals surface area contributed by atoms with E-state index in [1.807, 2.05) is 48.5 Å². The first-order chi connectivity index (χ1) is 10.4. The first-order valence-electron chi connectivity index (χ1n) is 7.89. The third-order valence-corrected chi connectivity index (χ3v) is 4.06. The maximum atomic E-state index is 12.8. The number of ketones is 1. The van der Waals surface area contributed by atoms with E-state index >= 15 is 0 Å². The van der Waals surface area contributed by atoms with Crippen molar-refractivity contribution >= 4 is 5.78 Å². The van der Waals surface area contributed by atoms with Crippen LogP contribution in [0.4, 0.5) is 0 Å². The normalized spacial score (nSPS) is 12.5. The Labute approximate surface area is 138 Å². The lowest BCUT2D eigenvalue weighted by Gasteiger charge is -2.28. The molecule has 1 aromatic carbocycles. The van der Waals surface area contributed by atoms with Crippen molar-refractivity contribution in [3.8, 4) is 5.75 Å². The smallest absolute Gasteiger partial charge is 0.228 e. The number of rotatable bonds is 2. The fourth-order valence-electron chi connectivity index (χ4n) is 2.65. The Morgan fingerprint density at radius 2 is 1.48 bits per heavy atom. The molecule has 0 aliphatic carbocycles. The van der Waals surface area contributed by atoms with Gasteiger partial charge in [-0.2, -0.15) is 0 Å². The van der Waals surface area contributed by atoms with Crippen molar-refractivity contribution < 1.29 is 14.3 Å². The molecule has 0 unspecified atom stereocenters. The minimum Gasteiger partial charge on any atom is -0.507 e. The monoisotopic (exact) mass is 314 g/mol. The largest absolute Gasteiger partial charge is 0.507 e. The van der Waals surface area contributed by atoms with Crippen molar-refractivity contribution in [1.82, 2.24) is 0 Å². The summed E-state index contributed by atoms with van der Waals surface area (Å²) in [7, 11) is 0. The Morgan fingerprint density at radius 3 is 1.83 bits per heavy atom. The molecule has 0 aliphatic rings. The molecule has 2 rings (SSSR count). The van der Waals surface area contributed by atoms with E-state index in [-0.39, 0.29) is 22.4 Å². The number of furan rings is 1. The van der Waals surface area contributed by atoms with E-state index in [1.54, 1.807) is 18.2 Å². The molecule has 0 radical (unpaired) electrons. The topological polar surface area (TPSA) is 50.4 Å². The average molecular weight is 314 g/mol. The molecule has 0 fully saturated rings. The van der Waals surface area contributed by atoms with Crippen LogP contribution in [-0.2, 0) is 10.8 Å². The molecule has 1 heterocycles. The SMILES string of the molecule is Cc1ccoc1C(=O)c1cc(C(C)(C)C)c(O)c(C(C)(C)C)c1. The Morgan fingerprint density at radius 1 is 1.00 bits per heavy atom. The summed E-state index contributed by atoms with van der Waals surface area (Å²) in [5.41, 5.74) is 2.39. The van der Waals surface area contributed by atoms with Gasteiger partial charge >= 0.3 is 0 Å². The molecule has 3 nitrogen and oxygen atoms in total. The number of carbonyl (C=O) groups is 1. The van der Waals surface area contributed by atoms with Crippen LogP contribution in [0, 0.1) is 6.92 Å². The highest BCUT2D eigenvalue weighted by molar-refractivity contribution is 6.08. The highest BCUT2D eigenvalue weighted by atomic mass is 16.3. The third kappa shape index (κ3) is 3.34. The Hall–Kier alpha value is -2.03. The molecule has 0 aliphatic heterocycles. The summed E-state index contributed by atoms with van der Waals surface area (Å²) >= 11 is 0. The molecule has 0 spiro atoms. The predicted octanol–water partition coefficient (Wildman–Crippen LogP) is 5.12. The first kappa shape index (κ1) is 17.3. The fraction of sp³-hybridized carbons (Fsp3) is 0.450. The van der Waals surface area contributed by atoms with Gasteiger partial charge in [0, 0.05) is 16.7 Å². The number of aromatic hydroxyl groups is 1. The van der Waals surface area contributed by atoms with E-state index in [1.165, 1.54) is 6.26 Å². The fourth-order valence-corrected chi connectivity index (χ4v) is 2.65. The molecule has 0 amide bonds. The van der Waals surface area contributed by atoms with Gasteiger partial charge in [0.15, 0.2) is 5.76 Å². The van der Waals surface area contributed by atoms with Gasteiger partial charge in [0.1, 0.15) is 5.75 Å². The van der Waals surface area contributed by atoms with E-state index in [2.05, 4.69) is 0 Å². The van der Waals surface area contributed by atoms with Crippen LogP contribution in [0.1, 0.15) is 74.4 Å². The van der Waals surface area contributed by atoms with Crippen LogP contribution in [0.5, 0.6) is 5.75 Å². The van der Waals surface area contributed by atoms with Gasteiger partial charge in [-0.15, -0.1) is 0 Å². The van der Waals surface area contributed by atoms with Gasteiger partial charge in [-0.3, -0.25) is 4.79 Å². The van der Waals surface area contributed by atoms with Gasteiger partial charge in [0.2, 0.25) is 5.78 Å². The lowest BCUT2D eigenvalue weighted by atomic mass is 9.78.